The van der Waals surface area contributed by atoms with Crippen molar-refractivity contribution in [3.63, 3.8) is 0 Å². The Balaban J connectivity index is 1.67. The quantitative estimate of drug-likeness (QED) is 0.886. The van der Waals surface area contributed by atoms with Crippen LogP contribution in [0, 0.1) is 5.92 Å². The van der Waals surface area contributed by atoms with Gasteiger partial charge in [0.2, 0.25) is 5.91 Å². The Bertz CT molecular complexity index is 457. The molecule has 2 fully saturated rings. The summed E-state index contributed by atoms with van der Waals surface area (Å²) in [6.45, 7) is 2.76. The van der Waals surface area contributed by atoms with E-state index in [2.05, 4.69) is 12.1 Å². The van der Waals surface area contributed by atoms with Crippen LogP contribution in [-0.2, 0) is 9.53 Å². The standard InChI is InChI=1S/C16H22N2O2/c17-15-10-18(16(19)13-7-4-8-20-11-13)9-14(15)12-5-2-1-3-6-12/h1-3,5-6,13-15H,4,7-11,17H2/t13?,14-,15+/m0/s1. The molecule has 2 N–H and O–H groups in total. The Morgan fingerprint density at radius 3 is 2.75 bits per heavy atom. The lowest BCUT2D eigenvalue weighted by molar-refractivity contribution is -0.138. The van der Waals surface area contributed by atoms with Crippen molar-refractivity contribution in [2.24, 2.45) is 11.7 Å². The molecule has 0 spiro atoms. The maximum atomic E-state index is 12.5. The number of rotatable bonds is 2. The Kier molecular flexibility index (Phi) is 4.03. The molecule has 2 saturated heterocycles. The van der Waals surface area contributed by atoms with E-state index in [4.69, 9.17) is 10.5 Å². The van der Waals surface area contributed by atoms with Crippen LogP contribution in [0.4, 0.5) is 0 Å². The third-order valence-electron chi connectivity index (χ3n) is 4.41. The van der Waals surface area contributed by atoms with Crippen LogP contribution in [0.3, 0.4) is 0 Å². The van der Waals surface area contributed by atoms with Crippen LogP contribution in [0.5, 0.6) is 0 Å². The van der Waals surface area contributed by atoms with Crippen LogP contribution in [0.15, 0.2) is 30.3 Å². The van der Waals surface area contributed by atoms with Crippen LogP contribution < -0.4 is 5.73 Å². The van der Waals surface area contributed by atoms with Crippen molar-refractivity contribution in [1.82, 2.24) is 4.90 Å². The van der Waals surface area contributed by atoms with Gasteiger partial charge in [-0.1, -0.05) is 30.3 Å². The molecule has 0 bridgehead atoms. The number of hydrogen-bond donors (Lipinski definition) is 1. The number of carbonyl (C=O) groups is 1. The average Bonchev–Trinajstić information content (AvgIpc) is 2.90. The van der Waals surface area contributed by atoms with E-state index in [9.17, 15) is 4.79 Å². The first kappa shape index (κ1) is 13.6. The van der Waals surface area contributed by atoms with Gasteiger partial charge in [0.15, 0.2) is 0 Å². The maximum Gasteiger partial charge on any atom is 0.228 e. The second-order valence-electron chi connectivity index (χ2n) is 5.84. The van der Waals surface area contributed by atoms with Crippen LogP contribution in [0.2, 0.25) is 0 Å². The monoisotopic (exact) mass is 274 g/mol. The van der Waals surface area contributed by atoms with Gasteiger partial charge in [0.25, 0.3) is 0 Å². The van der Waals surface area contributed by atoms with Gasteiger partial charge in [-0.05, 0) is 18.4 Å². The van der Waals surface area contributed by atoms with Gasteiger partial charge in [0, 0.05) is 31.7 Å². The SMILES string of the molecule is N[C@@H]1CN(C(=O)C2CCCOC2)C[C@H]1c1ccccc1. The van der Waals surface area contributed by atoms with Gasteiger partial charge < -0.3 is 15.4 Å². The van der Waals surface area contributed by atoms with Gasteiger partial charge >= 0.3 is 0 Å². The van der Waals surface area contributed by atoms with Crippen LogP contribution in [0.1, 0.15) is 24.3 Å². The minimum absolute atomic E-state index is 0.0328. The predicted octanol–water partition coefficient (Wildman–Crippen LogP) is 1.37. The van der Waals surface area contributed by atoms with E-state index < -0.39 is 0 Å². The molecule has 0 radical (unpaired) electrons. The predicted molar refractivity (Wildman–Crippen MR) is 77.3 cm³/mol. The van der Waals surface area contributed by atoms with Gasteiger partial charge in [-0.2, -0.15) is 0 Å². The molecule has 1 aromatic carbocycles. The van der Waals surface area contributed by atoms with Crippen molar-refractivity contribution >= 4 is 5.91 Å². The molecule has 1 amide bonds. The molecule has 1 unspecified atom stereocenters. The summed E-state index contributed by atoms with van der Waals surface area (Å²) in [5.41, 5.74) is 7.48. The highest BCUT2D eigenvalue weighted by Crippen LogP contribution is 2.28. The zero-order chi connectivity index (χ0) is 13.9. The molecule has 2 aliphatic heterocycles. The summed E-state index contributed by atoms with van der Waals surface area (Å²) in [7, 11) is 0. The molecule has 0 aromatic heterocycles. The number of ether oxygens (including phenoxy) is 1. The lowest BCUT2D eigenvalue weighted by Crippen LogP contribution is -2.39. The fourth-order valence-electron chi connectivity index (χ4n) is 3.26. The highest BCUT2D eigenvalue weighted by atomic mass is 16.5. The van der Waals surface area contributed by atoms with Gasteiger partial charge in [0.05, 0.1) is 12.5 Å². The number of nitrogens with two attached hydrogens (primary N) is 1. The van der Waals surface area contributed by atoms with Crippen molar-refractivity contribution in [3.05, 3.63) is 35.9 Å². The zero-order valence-electron chi connectivity index (χ0n) is 11.7. The molecule has 3 rings (SSSR count). The van der Waals surface area contributed by atoms with Crippen molar-refractivity contribution in [1.29, 1.82) is 0 Å². The third-order valence-corrected chi connectivity index (χ3v) is 4.41. The zero-order valence-corrected chi connectivity index (χ0v) is 11.7. The summed E-state index contributed by atoms with van der Waals surface area (Å²) < 4.78 is 5.42. The largest absolute Gasteiger partial charge is 0.381 e. The van der Waals surface area contributed by atoms with Crippen molar-refractivity contribution < 1.29 is 9.53 Å². The van der Waals surface area contributed by atoms with Crippen LogP contribution in [0.25, 0.3) is 0 Å². The van der Waals surface area contributed by atoms with E-state index in [1.165, 1.54) is 5.56 Å². The van der Waals surface area contributed by atoms with Crippen molar-refractivity contribution in [2.45, 2.75) is 24.8 Å². The van der Waals surface area contributed by atoms with E-state index in [-0.39, 0.29) is 23.8 Å². The first-order valence-electron chi connectivity index (χ1n) is 7.43. The lowest BCUT2D eigenvalue weighted by atomic mass is 9.95. The molecule has 20 heavy (non-hydrogen) atoms. The molecule has 4 heteroatoms. The van der Waals surface area contributed by atoms with E-state index >= 15 is 0 Å². The van der Waals surface area contributed by atoms with Crippen LogP contribution in [-0.4, -0.2) is 43.2 Å². The fourth-order valence-corrected chi connectivity index (χ4v) is 3.26. The Hall–Kier alpha value is -1.39. The first-order valence-corrected chi connectivity index (χ1v) is 7.43. The summed E-state index contributed by atoms with van der Waals surface area (Å²) in [5, 5.41) is 0. The number of benzene rings is 1. The molecular formula is C16H22N2O2. The summed E-state index contributed by atoms with van der Waals surface area (Å²) in [4.78, 5) is 14.4. The van der Waals surface area contributed by atoms with E-state index in [1.54, 1.807) is 0 Å². The minimum atomic E-state index is 0.0328. The van der Waals surface area contributed by atoms with Gasteiger partial charge in [-0.3, -0.25) is 4.79 Å². The smallest absolute Gasteiger partial charge is 0.228 e. The Morgan fingerprint density at radius 1 is 1.25 bits per heavy atom. The Labute approximate surface area is 119 Å². The third kappa shape index (κ3) is 2.72. The second-order valence-corrected chi connectivity index (χ2v) is 5.84. The van der Waals surface area contributed by atoms with E-state index in [0.29, 0.717) is 13.2 Å². The van der Waals surface area contributed by atoms with Gasteiger partial charge in [0.1, 0.15) is 0 Å². The van der Waals surface area contributed by atoms with E-state index in [1.807, 2.05) is 23.1 Å². The Morgan fingerprint density at radius 2 is 2.05 bits per heavy atom. The van der Waals surface area contributed by atoms with E-state index in [0.717, 1.165) is 26.0 Å². The van der Waals surface area contributed by atoms with Crippen molar-refractivity contribution in [3.8, 4) is 0 Å². The highest BCUT2D eigenvalue weighted by Gasteiger charge is 2.36. The van der Waals surface area contributed by atoms with Crippen molar-refractivity contribution in [2.75, 3.05) is 26.3 Å². The fraction of sp³-hybridized carbons (Fsp3) is 0.562. The first-order chi connectivity index (χ1) is 9.75. The lowest BCUT2D eigenvalue weighted by Gasteiger charge is -2.26. The molecule has 3 atom stereocenters. The molecule has 108 valence electrons. The molecule has 2 heterocycles. The molecular weight excluding hydrogens is 252 g/mol. The number of amides is 1. The molecule has 0 saturated carbocycles. The summed E-state index contributed by atoms with van der Waals surface area (Å²) >= 11 is 0. The molecule has 0 aliphatic carbocycles. The topological polar surface area (TPSA) is 55.6 Å². The molecule has 1 aromatic rings. The minimum Gasteiger partial charge on any atom is -0.381 e. The summed E-state index contributed by atoms with van der Waals surface area (Å²) in [6, 6.07) is 10.3. The number of likely N-dealkylation sites (tertiary alicyclic amines) is 1. The maximum absolute atomic E-state index is 12.5. The summed E-state index contributed by atoms with van der Waals surface area (Å²) in [6.07, 6.45) is 1.93. The number of nitrogens with zero attached hydrogens (tertiary/aromatic N) is 1. The highest BCUT2D eigenvalue weighted by molar-refractivity contribution is 5.79. The number of carbonyl (C=O) groups excluding carboxylic acids is 1. The summed E-state index contributed by atoms with van der Waals surface area (Å²) in [5.74, 6) is 0.508. The number of hydrogen-bond acceptors (Lipinski definition) is 3. The molecule has 4 nitrogen and oxygen atoms in total. The van der Waals surface area contributed by atoms with Gasteiger partial charge in [-0.25, -0.2) is 0 Å². The normalized spacial score (nSPS) is 30.4. The van der Waals surface area contributed by atoms with Gasteiger partial charge in [-0.15, -0.1) is 0 Å². The average molecular weight is 274 g/mol. The van der Waals surface area contributed by atoms with Crippen LogP contribution >= 0.6 is 0 Å². The second kappa shape index (κ2) is 5.94. The molecule has 2 aliphatic rings.